The van der Waals surface area contributed by atoms with E-state index >= 15 is 0 Å². The molecule has 3 nitrogen and oxygen atoms in total. The molecule has 5 heteroatoms. The van der Waals surface area contributed by atoms with Crippen LogP contribution in [0.1, 0.15) is 10.4 Å². The molecular formula is C14H11BrClNO2. The van der Waals surface area contributed by atoms with Gasteiger partial charge in [0, 0.05) is 15.7 Å². The van der Waals surface area contributed by atoms with Crippen LogP contribution < -0.4 is 10.1 Å². The molecule has 0 saturated carbocycles. The summed E-state index contributed by atoms with van der Waals surface area (Å²) in [4.78, 5) is 12.0. The van der Waals surface area contributed by atoms with E-state index in [1.807, 2.05) is 0 Å². The largest absolute Gasteiger partial charge is 0.497 e. The number of amides is 1. The number of hydrogen-bond donors (Lipinski definition) is 1. The monoisotopic (exact) mass is 339 g/mol. The fraction of sp³-hybridized carbons (Fsp3) is 0.0714. The zero-order valence-electron chi connectivity index (χ0n) is 10.1. The molecule has 1 N–H and O–H groups in total. The molecule has 2 aromatic carbocycles. The lowest BCUT2D eigenvalue weighted by atomic mass is 10.2. The van der Waals surface area contributed by atoms with E-state index in [2.05, 4.69) is 21.2 Å². The maximum Gasteiger partial charge on any atom is 0.255 e. The highest BCUT2D eigenvalue weighted by atomic mass is 79.9. The van der Waals surface area contributed by atoms with Crippen molar-refractivity contribution in [2.45, 2.75) is 0 Å². The summed E-state index contributed by atoms with van der Waals surface area (Å²) >= 11 is 9.21. The van der Waals surface area contributed by atoms with Crippen LogP contribution in [0.5, 0.6) is 5.75 Å². The van der Waals surface area contributed by atoms with Crippen LogP contribution in [0.15, 0.2) is 46.9 Å². The number of methoxy groups -OCH3 is 1. The summed E-state index contributed by atoms with van der Waals surface area (Å²) in [6.07, 6.45) is 0. The first kappa shape index (κ1) is 13.9. The molecular weight excluding hydrogens is 330 g/mol. The molecule has 0 aromatic heterocycles. The summed E-state index contributed by atoms with van der Waals surface area (Å²) in [5.41, 5.74) is 1.24. The average Bonchev–Trinajstić information content (AvgIpc) is 2.43. The number of nitrogens with one attached hydrogen (secondary N) is 1. The summed E-state index contributed by atoms with van der Waals surface area (Å²) in [5, 5.41) is 3.39. The minimum absolute atomic E-state index is 0.183. The maximum atomic E-state index is 12.0. The second-order valence-corrected chi connectivity index (χ2v) is 5.07. The number of carbonyl (C=O) groups is 1. The van der Waals surface area contributed by atoms with Gasteiger partial charge in [0.05, 0.1) is 12.1 Å². The molecule has 98 valence electrons. The Hall–Kier alpha value is -1.52. The molecule has 2 aromatic rings. The summed E-state index contributed by atoms with van der Waals surface area (Å²) in [6, 6.07) is 12.1. The zero-order valence-corrected chi connectivity index (χ0v) is 12.5. The van der Waals surface area contributed by atoms with Gasteiger partial charge in [0.1, 0.15) is 5.75 Å². The van der Waals surface area contributed by atoms with E-state index in [9.17, 15) is 4.79 Å². The predicted octanol–water partition coefficient (Wildman–Crippen LogP) is 4.36. The molecule has 2 rings (SSSR count). The Labute approximate surface area is 124 Å². The topological polar surface area (TPSA) is 38.3 Å². The van der Waals surface area contributed by atoms with Gasteiger partial charge in [-0.25, -0.2) is 0 Å². The Bertz CT molecular complexity index is 599. The highest BCUT2D eigenvalue weighted by Gasteiger charge is 2.07. The summed E-state index contributed by atoms with van der Waals surface area (Å²) in [5.74, 6) is 0.530. The van der Waals surface area contributed by atoms with Gasteiger partial charge < -0.3 is 10.1 Å². The van der Waals surface area contributed by atoms with E-state index in [1.54, 1.807) is 49.6 Å². The van der Waals surface area contributed by atoms with E-state index in [1.165, 1.54) is 0 Å². The van der Waals surface area contributed by atoms with Crippen LogP contribution in [-0.2, 0) is 0 Å². The van der Waals surface area contributed by atoms with E-state index in [4.69, 9.17) is 16.3 Å². The molecule has 0 spiro atoms. The maximum absolute atomic E-state index is 12.0. The molecule has 0 unspecified atom stereocenters. The summed E-state index contributed by atoms with van der Waals surface area (Å²) in [7, 11) is 1.58. The lowest BCUT2D eigenvalue weighted by Gasteiger charge is -2.07. The standard InChI is InChI=1S/C14H11BrClNO2/c1-19-11-5-2-9(3-6-11)14(18)17-10-4-7-13(16)12(15)8-10/h2-8H,1H3,(H,17,18). The van der Waals surface area contributed by atoms with E-state index in [0.717, 1.165) is 4.47 Å². The van der Waals surface area contributed by atoms with Crippen LogP contribution in [0.25, 0.3) is 0 Å². The molecule has 0 atom stereocenters. The van der Waals surface area contributed by atoms with E-state index < -0.39 is 0 Å². The number of hydrogen-bond acceptors (Lipinski definition) is 2. The van der Waals surface area contributed by atoms with Crippen molar-refractivity contribution >= 4 is 39.1 Å². The minimum atomic E-state index is -0.183. The number of rotatable bonds is 3. The molecule has 0 heterocycles. The Kier molecular flexibility index (Phi) is 4.45. The molecule has 0 saturated heterocycles. The normalized spacial score (nSPS) is 10.1. The third-order valence-corrected chi connectivity index (χ3v) is 3.74. The number of ether oxygens (including phenoxy) is 1. The Morgan fingerprint density at radius 1 is 1.21 bits per heavy atom. The number of benzene rings is 2. The Morgan fingerprint density at radius 2 is 1.89 bits per heavy atom. The first-order valence-electron chi connectivity index (χ1n) is 5.50. The quantitative estimate of drug-likeness (QED) is 0.901. The van der Waals surface area contributed by atoms with Gasteiger partial charge in [0.15, 0.2) is 0 Å². The highest BCUT2D eigenvalue weighted by Crippen LogP contribution is 2.25. The van der Waals surface area contributed by atoms with Crippen molar-refractivity contribution in [1.82, 2.24) is 0 Å². The van der Waals surface area contributed by atoms with Gasteiger partial charge in [0.25, 0.3) is 5.91 Å². The smallest absolute Gasteiger partial charge is 0.255 e. The predicted molar refractivity (Wildman–Crippen MR) is 80.1 cm³/mol. The molecule has 19 heavy (non-hydrogen) atoms. The molecule has 1 amide bonds. The van der Waals surface area contributed by atoms with Crippen LogP contribution in [0.3, 0.4) is 0 Å². The van der Waals surface area contributed by atoms with Crippen molar-refractivity contribution in [3.05, 3.63) is 57.5 Å². The first-order chi connectivity index (χ1) is 9.10. The van der Waals surface area contributed by atoms with Gasteiger partial charge >= 0.3 is 0 Å². The van der Waals surface area contributed by atoms with Crippen LogP contribution in [-0.4, -0.2) is 13.0 Å². The average molecular weight is 341 g/mol. The van der Waals surface area contributed by atoms with Crippen molar-refractivity contribution in [1.29, 1.82) is 0 Å². The Balaban J connectivity index is 2.13. The Morgan fingerprint density at radius 3 is 2.47 bits per heavy atom. The summed E-state index contributed by atoms with van der Waals surface area (Å²) in [6.45, 7) is 0. The number of carbonyl (C=O) groups excluding carboxylic acids is 1. The third-order valence-electron chi connectivity index (χ3n) is 2.53. The van der Waals surface area contributed by atoms with E-state index in [0.29, 0.717) is 22.0 Å². The van der Waals surface area contributed by atoms with Crippen molar-refractivity contribution in [2.24, 2.45) is 0 Å². The number of halogens is 2. The molecule has 0 aliphatic heterocycles. The lowest BCUT2D eigenvalue weighted by Crippen LogP contribution is -2.11. The first-order valence-corrected chi connectivity index (χ1v) is 6.67. The van der Waals surface area contributed by atoms with Gasteiger partial charge in [-0.15, -0.1) is 0 Å². The van der Waals surface area contributed by atoms with Crippen LogP contribution in [0.4, 0.5) is 5.69 Å². The molecule has 0 aliphatic carbocycles. The second-order valence-electron chi connectivity index (χ2n) is 3.81. The second kappa shape index (κ2) is 6.08. The fourth-order valence-corrected chi connectivity index (χ4v) is 2.02. The van der Waals surface area contributed by atoms with Crippen LogP contribution in [0, 0.1) is 0 Å². The molecule has 0 fully saturated rings. The lowest BCUT2D eigenvalue weighted by molar-refractivity contribution is 0.102. The molecule has 0 bridgehead atoms. The minimum Gasteiger partial charge on any atom is -0.497 e. The fourth-order valence-electron chi connectivity index (χ4n) is 1.52. The van der Waals surface area contributed by atoms with Crippen LogP contribution in [0.2, 0.25) is 5.02 Å². The number of anilines is 1. The van der Waals surface area contributed by atoms with Gasteiger partial charge in [-0.1, -0.05) is 11.6 Å². The molecule has 0 aliphatic rings. The van der Waals surface area contributed by atoms with Gasteiger partial charge in [-0.05, 0) is 58.4 Å². The molecule has 0 radical (unpaired) electrons. The summed E-state index contributed by atoms with van der Waals surface area (Å²) < 4.78 is 5.78. The van der Waals surface area contributed by atoms with Crippen molar-refractivity contribution < 1.29 is 9.53 Å². The zero-order chi connectivity index (χ0) is 13.8. The highest BCUT2D eigenvalue weighted by molar-refractivity contribution is 9.10. The van der Waals surface area contributed by atoms with Crippen LogP contribution >= 0.6 is 27.5 Å². The van der Waals surface area contributed by atoms with Crippen molar-refractivity contribution in [3.8, 4) is 5.75 Å². The van der Waals surface area contributed by atoms with Crippen molar-refractivity contribution in [2.75, 3.05) is 12.4 Å². The SMILES string of the molecule is COc1ccc(C(=O)Nc2ccc(Cl)c(Br)c2)cc1. The van der Waals surface area contributed by atoms with Gasteiger partial charge in [-0.2, -0.15) is 0 Å². The van der Waals surface area contributed by atoms with Gasteiger partial charge in [0.2, 0.25) is 0 Å². The van der Waals surface area contributed by atoms with Gasteiger partial charge in [-0.3, -0.25) is 4.79 Å². The van der Waals surface area contributed by atoms with E-state index in [-0.39, 0.29) is 5.91 Å². The van der Waals surface area contributed by atoms with Crippen molar-refractivity contribution in [3.63, 3.8) is 0 Å². The third kappa shape index (κ3) is 3.49.